The molecule has 158 valence electrons. The molecule has 1 aliphatic heterocycles. The van der Waals surface area contributed by atoms with Crippen LogP contribution in [0.3, 0.4) is 0 Å². The van der Waals surface area contributed by atoms with Gasteiger partial charge in [0.1, 0.15) is 11.5 Å². The summed E-state index contributed by atoms with van der Waals surface area (Å²) < 4.78 is 28.9. The summed E-state index contributed by atoms with van der Waals surface area (Å²) in [6, 6.07) is 14.7. The molecular weight excluding hydrogens is 382 g/mol. The molecule has 0 aliphatic carbocycles. The standard InChI is InChI=1S/C24H28F2N4/c1-17(22-15-27-30(18(22)2)24-9-8-20(25)14-23(24)26)28-21-10-12-29(13-11-21)16-19-6-4-3-5-7-19/h3-9,14-15,17,21,28H,10-13,16H2,1-2H3/t17-/m1/s1. The number of hydrogen-bond acceptors (Lipinski definition) is 3. The Morgan fingerprint density at radius 3 is 2.53 bits per heavy atom. The Morgan fingerprint density at radius 1 is 1.10 bits per heavy atom. The van der Waals surface area contributed by atoms with Crippen LogP contribution in [0.4, 0.5) is 8.78 Å². The monoisotopic (exact) mass is 410 g/mol. The van der Waals surface area contributed by atoms with Crippen LogP contribution in [0.5, 0.6) is 0 Å². The van der Waals surface area contributed by atoms with Crippen molar-refractivity contribution in [1.29, 1.82) is 0 Å². The van der Waals surface area contributed by atoms with E-state index in [2.05, 4.69) is 52.6 Å². The van der Waals surface area contributed by atoms with Crippen LogP contribution in [0, 0.1) is 18.6 Å². The molecule has 0 bridgehead atoms. The summed E-state index contributed by atoms with van der Waals surface area (Å²) in [6.45, 7) is 7.17. The van der Waals surface area contributed by atoms with Gasteiger partial charge in [0.2, 0.25) is 0 Å². The number of aromatic nitrogens is 2. The quantitative estimate of drug-likeness (QED) is 0.635. The van der Waals surface area contributed by atoms with Crippen LogP contribution in [-0.2, 0) is 6.54 Å². The molecule has 1 saturated heterocycles. The SMILES string of the molecule is Cc1c([C@@H](C)NC2CCN(Cc3ccccc3)CC2)cnn1-c1ccc(F)cc1F. The second-order valence-corrected chi connectivity index (χ2v) is 8.12. The van der Waals surface area contributed by atoms with Crippen molar-refractivity contribution in [1.82, 2.24) is 20.0 Å². The number of rotatable bonds is 6. The Bertz CT molecular complexity index is 978. The number of piperidine rings is 1. The molecule has 4 rings (SSSR count). The minimum atomic E-state index is -0.612. The summed E-state index contributed by atoms with van der Waals surface area (Å²) in [6.07, 6.45) is 3.97. The van der Waals surface area contributed by atoms with Gasteiger partial charge in [-0.05, 0) is 57.5 Å². The minimum absolute atomic E-state index is 0.105. The maximum Gasteiger partial charge on any atom is 0.151 e. The second-order valence-electron chi connectivity index (χ2n) is 8.12. The first-order chi connectivity index (χ1) is 14.5. The van der Waals surface area contributed by atoms with Gasteiger partial charge >= 0.3 is 0 Å². The van der Waals surface area contributed by atoms with Gasteiger partial charge in [0, 0.05) is 36.0 Å². The summed E-state index contributed by atoms with van der Waals surface area (Å²) in [5.41, 5.74) is 3.52. The largest absolute Gasteiger partial charge is 0.307 e. The molecule has 1 N–H and O–H groups in total. The molecule has 0 spiro atoms. The lowest BCUT2D eigenvalue weighted by Crippen LogP contribution is -2.43. The molecule has 2 heterocycles. The van der Waals surface area contributed by atoms with Crippen LogP contribution in [-0.4, -0.2) is 33.8 Å². The number of likely N-dealkylation sites (tertiary alicyclic amines) is 1. The summed E-state index contributed by atoms with van der Waals surface area (Å²) in [5, 5.41) is 8.07. The third kappa shape index (κ3) is 4.60. The van der Waals surface area contributed by atoms with Gasteiger partial charge in [-0.1, -0.05) is 30.3 Å². The van der Waals surface area contributed by atoms with Gasteiger partial charge in [-0.2, -0.15) is 5.10 Å². The van der Waals surface area contributed by atoms with Gasteiger partial charge in [-0.25, -0.2) is 13.5 Å². The highest BCUT2D eigenvalue weighted by Crippen LogP contribution is 2.24. The van der Waals surface area contributed by atoms with Gasteiger partial charge in [0.15, 0.2) is 5.82 Å². The van der Waals surface area contributed by atoms with Crippen molar-refractivity contribution in [2.45, 2.75) is 45.3 Å². The first kappa shape index (κ1) is 20.7. The van der Waals surface area contributed by atoms with E-state index in [1.807, 2.05) is 6.92 Å². The van der Waals surface area contributed by atoms with Crippen molar-refractivity contribution in [2.24, 2.45) is 0 Å². The highest BCUT2D eigenvalue weighted by atomic mass is 19.1. The van der Waals surface area contributed by atoms with Crippen molar-refractivity contribution in [3.05, 3.63) is 83.2 Å². The summed E-state index contributed by atoms with van der Waals surface area (Å²) in [7, 11) is 0. The van der Waals surface area contributed by atoms with E-state index in [4.69, 9.17) is 0 Å². The Balaban J connectivity index is 1.36. The summed E-state index contributed by atoms with van der Waals surface area (Å²) in [4.78, 5) is 2.50. The normalized spacial score (nSPS) is 16.7. The summed E-state index contributed by atoms with van der Waals surface area (Å²) in [5.74, 6) is -1.20. The number of nitrogens with zero attached hydrogens (tertiary/aromatic N) is 3. The molecule has 0 amide bonds. The molecule has 2 aromatic carbocycles. The van der Waals surface area contributed by atoms with Crippen LogP contribution < -0.4 is 5.32 Å². The molecule has 0 unspecified atom stereocenters. The molecular formula is C24H28F2N4. The van der Waals surface area contributed by atoms with Crippen molar-refractivity contribution in [2.75, 3.05) is 13.1 Å². The number of halogens is 2. The molecule has 3 aromatic rings. The van der Waals surface area contributed by atoms with E-state index in [0.29, 0.717) is 6.04 Å². The van der Waals surface area contributed by atoms with Crippen molar-refractivity contribution in [3.8, 4) is 5.69 Å². The predicted octanol–water partition coefficient (Wildman–Crippen LogP) is 4.77. The van der Waals surface area contributed by atoms with E-state index in [-0.39, 0.29) is 11.7 Å². The van der Waals surface area contributed by atoms with Crippen LogP contribution >= 0.6 is 0 Å². The Kier molecular flexibility index (Phi) is 6.25. The molecule has 4 nitrogen and oxygen atoms in total. The molecule has 1 fully saturated rings. The Labute approximate surface area is 176 Å². The van der Waals surface area contributed by atoms with E-state index in [1.54, 1.807) is 10.9 Å². The van der Waals surface area contributed by atoms with Crippen LogP contribution in [0.1, 0.15) is 42.6 Å². The predicted molar refractivity (Wildman–Crippen MR) is 115 cm³/mol. The molecule has 1 aliphatic rings. The highest BCUT2D eigenvalue weighted by molar-refractivity contribution is 5.37. The smallest absolute Gasteiger partial charge is 0.151 e. The highest BCUT2D eigenvalue weighted by Gasteiger charge is 2.23. The number of nitrogens with one attached hydrogen (secondary N) is 1. The zero-order valence-electron chi connectivity index (χ0n) is 17.5. The summed E-state index contributed by atoms with van der Waals surface area (Å²) >= 11 is 0. The van der Waals surface area contributed by atoms with Crippen molar-refractivity contribution < 1.29 is 8.78 Å². The number of benzene rings is 2. The van der Waals surface area contributed by atoms with Crippen LogP contribution in [0.2, 0.25) is 0 Å². The Morgan fingerprint density at radius 2 is 1.83 bits per heavy atom. The molecule has 1 atom stereocenters. The maximum atomic E-state index is 14.2. The van der Waals surface area contributed by atoms with Gasteiger partial charge in [-0.15, -0.1) is 0 Å². The van der Waals surface area contributed by atoms with Gasteiger partial charge in [0.05, 0.1) is 6.20 Å². The lowest BCUT2D eigenvalue weighted by molar-refractivity contribution is 0.185. The first-order valence-corrected chi connectivity index (χ1v) is 10.5. The van der Waals surface area contributed by atoms with Gasteiger partial charge in [0.25, 0.3) is 0 Å². The molecule has 0 saturated carbocycles. The maximum absolute atomic E-state index is 14.2. The third-order valence-corrected chi connectivity index (χ3v) is 5.97. The fraction of sp³-hybridized carbons (Fsp3) is 0.375. The first-order valence-electron chi connectivity index (χ1n) is 10.5. The van der Waals surface area contributed by atoms with E-state index in [1.165, 1.54) is 17.7 Å². The lowest BCUT2D eigenvalue weighted by Gasteiger charge is -2.34. The minimum Gasteiger partial charge on any atom is -0.307 e. The zero-order chi connectivity index (χ0) is 21.1. The molecule has 30 heavy (non-hydrogen) atoms. The topological polar surface area (TPSA) is 33.1 Å². The zero-order valence-corrected chi connectivity index (χ0v) is 17.5. The molecule has 6 heteroatoms. The molecule has 0 radical (unpaired) electrons. The van der Waals surface area contributed by atoms with Crippen molar-refractivity contribution >= 4 is 0 Å². The van der Waals surface area contributed by atoms with Gasteiger partial charge < -0.3 is 5.32 Å². The molecule has 1 aromatic heterocycles. The average Bonchev–Trinajstić information content (AvgIpc) is 3.11. The Hall–Kier alpha value is -2.57. The van der Waals surface area contributed by atoms with E-state index < -0.39 is 11.6 Å². The van der Waals surface area contributed by atoms with Crippen LogP contribution in [0.15, 0.2) is 54.7 Å². The van der Waals surface area contributed by atoms with E-state index >= 15 is 0 Å². The number of hydrogen-bond donors (Lipinski definition) is 1. The van der Waals surface area contributed by atoms with Gasteiger partial charge in [-0.3, -0.25) is 4.90 Å². The van der Waals surface area contributed by atoms with Crippen LogP contribution in [0.25, 0.3) is 5.69 Å². The van der Waals surface area contributed by atoms with E-state index in [0.717, 1.165) is 49.8 Å². The fourth-order valence-electron chi connectivity index (χ4n) is 4.29. The lowest BCUT2D eigenvalue weighted by atomic mass is 10.0. The third-order valence-electron chi connectivity index (χ3n) is 5.97. The second kappa shape index (κ2) is 9.06. The van der Waals surface area contributed by atoms with Crippen molar-refractivity contribution in [3.63, 3.8) is 0 Å². The average molecular weight is 411 g/mol. The fourth-order valence-corrected chi connectivity index (χ4v) is 4.29. The van der Waals surface area contributed by atoms with E-state index in [9.17, 15) is 8.78 Å².